The van der Waals surface area contributed by atoms with Gasteiger partial charge in [-0.1, -0.05) is 11.3 Å². The van der Waals surface area contributed by atoms with Crippen LogP contribution >= 0.6 is 11.3 Å². The number of nitrogens with zero attached hydrogens (tertiary/aromatic N) is 3. The van der Waals surface area contributed by atoms with E-state index in [1.54, 1.807) is 36.5 Å². The zero-order valence-corrected chi connectivity index (χ0v) is 12.8. The van der Waals surface area contributed by atoms with Gasteiger partial charge in [-0.05, 0) is 36.3 Å². The summed E-state index contributed by atoms with van der Waals surface area (Å²) in [5.74, 6) is -0.134. The molecule has 0 N–H and O–H groups in total. The number of nitro groups is 1. The lowest BCUT2D eigenvalue weighted by Gasteiger charge is -2.14. The quantitative estimate of drug-likeness (QED) is 0.466. The highest BCUT2D eigenvalue weighted by Crippen LogP contribution is 2.24. The van der Waals surface area contributed by atoms with Crippen molar-refractivity contribution >= 4 is 28.3 Å². The third-order valence-electron chi connectivity index (χ3n) is 3.04. The van der Waals surface area contributed by atoms with Crippen molar-refractivity contribution in [2.24, 2.45) is 0 Å². The molecule has 0 aliphatic carbocycles. The molecule has 2 aromatic rings. The third-order valence-corrected chi connectivity index (χ3v) is 4.05. The summed E-state index contributed by atoms with van der Waals surface area (Å²) in [4.78, 5) is 28.4. The van der Waals surface area contributed by atoms with Crippen LogP contribution in [0.1, 0.15) is 10.4 Å². The first-order valence-electron chi connectivity index (χ1n) is 6.62. The molecule has 0 unspecified atom stereocenters. The van der Waals surface area contributed by atoms with Crippen LogP contribution in [0.25, 0.3) is 6.08 Å². The molecule has 0 atom stereocenters. The van der Waals surface area contributed by atoms with E-state index in [2.05, 4.69) is 4.98 Å². The number of likely N-dealkylation sites (N-methyl/N-ethyl adjacent to an activating group) is 1. The lowest BCUT2D eigenvalue weighted by molar-refractivity contribution is -0.380. The number of thiophene rings is 1. The summed E-state index contributed by atoms with van der Waals surface area (Å²) in [5, 5.41) is 10.7. The number of amides is 1. The van der Waals surface area contributed by atoms with Crippen molar-refractivity contribution in [3.63, 3.8) is 0 Å². The van der Waals surface area contributed by atoms with E-state index in [9.17, 15) is 14.9 Å². The molecule has 0 aliphatic heterocycles. The summed E-state index contributed by atoms with van der Waals surface area (Å²) < 4.78 is 0. The molecular weight excluding hydrogens is 302 g/mol. The van der Waals surface area contributed by atoms with Crippen molar-refractivity contribution in [1.82, 2.24) is 9.88 Å². The van der Waals surface area contributed by atoms with Crippen LogP contribution in [-0.2, 0) is 11.2 Å². The molecule has 0 fully saturated rings. The van der Waals surface area contributed by atoms with E-state index in [4.69, 9.17) is 0 Å². The Balaban J connectivity index is 1.87. The van der Waals surface area contributed by atoms with E-state index >= 15 is 0 Å². The lowest BCUT2D eigenvalue weighted by Crippen LogP contribution is -2.27. The van der Waals surface area contributed by atoms with Gasteiger partial charge in [-0.3, -0.25) is 19.9 Å². The molecule has 2 aromatic heterocycles. The Morgan fingerprint density at radius 3 is 2.73 bits per heavy atom. The molecule has 0 saturated heterocycles. The van der Waals surface area contributed by atoms with Crippen LogP contribution in [0.4, 0.5) is 5.00 Å². The minimum Gasteiger partial charge on any atom is -0.342 e. The first-order chi connectivity index (χ1) is 10.6. The minimum atomic E-state index is -0.440. The fourth-order valence-corrected chi connectivity index (χ4v) is 2.49. The molecule has 7 heteroatoms. The second-order valence-corrected chi connectivity index (χ2v) is 5.73. The van der Waals surface area contributed by atoms with Gasteiger partial charge in [0.25, 0.3) is 0 Å². The number of carbonyl (C=O) groups is 1. The number of aromatic nitrogens is 1. The average molecular weight is 317 g/mol. The van der Waals surface area contributed by atoms with Crippen molar-refractivity contribution in [3.8, 4) is 0 Å². The maximum absolute atomic E-state index is 12.0. The monoisotopic (exact) mass is 317 g/mol. The van der Waals surface area contributed by atoms with E-state index in [0.717, 1.165) is 23.3 Å². The molecule has 114 valence electrons. The zero-order valence-electron chi connectivity index (χ0n) is 12.0. The second kappa shape index (κ2) is 7.46. The van der Waals surface area contributed by atoms with Crippen molar-refractivity contribution in [2.75, 3.05) is 13.6 Å². The first-order valence-corrected chi connectivity index (χ1v) is 7.44. The predicted molar refractivity (Wildman–Crippen MR) is 85.6 cm³/mol. The van der Waals surface area contributed by atoms with Crippen LogP contribution in [0.3, 0.4) is 0 Å². The highest BCUT2D eigenvalue weighted by molar-refractivity contribution is 7.16. The highest BCUT2D eigenvalue weighted by atomic mass is 32.1. The van der Waals surface area contributed by atoms with Gasteiger partial charge < -0.3 is 4.90 Å². The van der Waals surface area contributed by atoms with E-state index in [-0.39, 0.29) is 10.9 Å². The van der Waals surface area contributed by atoms with Gasteiger partial charge >= 0.3 is 5.00 Å². The summed E-state index contributed by atoms with van der Waals surface area (Å²) in [7, 11) is 1.73. The molecular formula is C15H15N3O3S. The maximum atomic E-state index is 12.0. The van der Waals surface area contributed by atoms with E-state index < -0.39 is 4.92 Å². The Morgan fingerprint density at radius 1 is 1.36 bits per heavy atom. The van der Waals surface area contributed by atoms with Gasteiger partial charge in [0.15, 0.2) is 0 Å². The standard InChI is InChI=1S/C15H15N3O3S/c1-17(11-8-12-6-9-16-10-7-12)14(19)4-2-13-3-5-15(22-13)18(20)21/h2-7,9-10H,8,11H2,1H3/b4-2+. The Morgan fingerprint density at radius 2 is 2.09 bits per heavy atom. The third kappa shape index (κ3) is 4.49. The Bertz CT molecular complexity index is 682. The van der Waals surface area contributed by atoms with Gasteiger partial charge in [0, 0.05) is 43.0 Å². The highest BCUT2D eigenvalue weighted by Gasteiger charge is 2.09. The second-order valence-electron chi connectivity index (χ2n) is 4.63. The van der Waals surface area contributed by atoms with Crippen molar-refractivity contribution in [2.45, 2.75) is 6.42 Å². The average Bonchev–Trinajstić information content (AvgIpc) is 3.00. The number of pyridine rings is 1. The van der Waals surface area contributed by atoms with Crippen LogP contribution in [0.5, 0.6) is 0 Å². The molecule has 0 bridgehead atoms. The van der Waals surface area contributed by atoms with Gasteiger partial charge in [-0.2, -0.15) is 0 Å². The van der Waals surface area contributed by atoms with Crippen LogP contribution in [0.15, 0.2) is 42.7 Å². The smallest absolute Gasteiger partial charge is 0.324 e. The summed E-state index contributed by atoms with van der Waals surface area (Å²) in [6.07, 6.45) is 7.23. The maximum Gasteiger partial charge on any atom is 0.324 e. The number of carbonyl (C=O) groups excluding carboxylic acids is 1. The zero-order chi connectivity index (χ0) is 15.9. The van der Waals surface area contributed by atoms with Gasteiger partial charge in [0.1, 0.15) is 0 Å². The SMILES string of the molecule is CN(CCc1ccncc1)C(=O)/C=C/c1ccc([N+](=O)[O-])s1. The van der Waals surface area contributed by atoms with Gasteiger partial charge in [-0.25, -0.2) is 0 Å². The Kier molecular flexibility index (Phi) is 5.37. The number of hydrogen-bond acceptors (Lipinski definition) is 5. The fourth-order valence-electron chi connectivity index (χ4n) is 1.77. The Hall–Kier alpha value is -2.54. The number of rotatable bonds is 6. The molecule has 1 amide bonds. The lowest BCUT2D eigenvalue weighted by atomic mass is 10.2. The van der Waals surface area contributed by atoms with Crippen molar-refractivity contribution in [3.05, 3.63) is 63.3 Å². The van der Waals surface area contributed by atoms with E-state index in [1.807, 2.05) is 12.1 Å². The molecule has 0 spiro atoms. The Labute approximate surface area is 131 Å². The largest absolute Gasteiger partial charge is 0.342 e. The minimum absolute atomic E-state index is 0.0677. The summed E-state index contributed by atoms with van der Waals surface area (Å²) in [6, 6.07) is 6.89. The van der Waals surface area contributed by atoms with Gasteiger partial charge in [0.2, 0.25) is 5.91 Å². The van der Waals surface area contributed by atoms with Crippen molar-refractivity contribution in [1.29, 1.82) is 0 Å². The summed E-state index contributed by atoms with van der Waals surface area (Å²) in [6.45, 7) is 0.595. The predicted octanol–water partition coefficient (Wildman–Crippen LogP) is 2.77. The van der Waals surface area contributed by atoms with Crippen LogP contribution in [0, 0.1) is 10.1 Å². The topological polar surface area (TPSA) is 76.3 Å². The molecule has 0 radical (unpaired) electrons. The molecule has 22 heavy (non-hydrogen) atoms. The molecule has 0 saturated carbocycles. The molecule has 2 rings (SSSR count). The van der Waals surface area contributed by atoms with Crippen molar-refractivity contribution < 1.29 is 9.72 Å². The molecule has 0 aliphatic rings. The normalized spacial score (nSPS) is 10.8. The first kappa shape index (κ1) is 15.8. The number of hydrogen-bond donors (Lipinski definition) is 0. The van der Waals surface area contributed by atoms with Crippen LogP contribution < -0.4 is 0 Å². The summed E-state index contributed by atoms with van der Waals surface area (Å²) in [5.41, 5.74) is 1.12. The van der Waals surface area contributed by atoms with Crippen LogP contribution in [0.2, 0.25) is 0 Å². The summed E-state index contributed by atoms with van der Waals surface area (Å²) >= 11 is 1.04. The molecule has 2 heterocycles. The molecule has 0 aromatic carbocycles. The van der Waals surface area contributed by atoms with Gasteiger partial charge in [-0.15, -0.1) is 0 Å². The molecule has 6 nitrogen and oxygen atoms in total. The van der Waals surface area contributed by atoms with E-state index in [0.29, 0.717) is 11.4 Å². The van der Waals surface area contributed by atoms with Crippen LogP contribution in [-0.4, -0.2) is 34.3 Å². The van der Waals surface area contributed by atoms with E-state index in [1.165, 1.54) is 12.1 Å². The van der Waals surface area contributed by atoms with Gasteiger partial charge in [0.05, 0.1) is 4.92 Å². The fraction of sp³-hybridized carbons (Fsp3) is 0.200.